The third-order valence-corrected chi connectivity index (χ3v) is 3.35. The maximum absolute atomic E-state index is 13.0. The van der Waals surface area contributed by atoms with Gasteiger partial charge in [0.05, 0.1) is 12.2 Å². The fraction of sp³-hybridized carbons (Fsp3) is 0.462. The zero-order valence-electron chi connectivity index (χ0n) is 11.1. The normalized spacial score (nSPS) is 16.1. The second-order valence-electron chi connectivity index (χ2n) is 4.86. The molecule has 116 valence electrons. The molecular weight excluding hydrogens is 287 g/mol. The Morgan fingerprint density at radius 3 is 2.52 bits per heavy atom. The van der Waals surface area contributed by atoms with Gasteiger partial charge in [-0.1, -0.05) is 5.16 Å². The van der Waals surface area contributed by atoms with Gasteiger partial charge in [-0.2, -0.15) is 13.2 Å². The number of rotatable bonds is 5. The Kier molecular flexibility index (Phi) is 4.26. The third kappa shape index (κ3) is 3.38. The number of alkyl halides is 3. The molecule has 0 saturated heterocycles. The largest absolute Gasteiger partial charge is 0.417 e. The van der Waals surface area contributed by atoms with Crippen molar-refractivity contribution in [2.24, 2.45) is 10.9 Å². The SMILES string of the molecule is N/C(=N/O)c1cc(N(CCO)C2CC2)ccc1C(F)(F)F. The predicted octanol–water partition coefficient (Wildman–Crippen LogP) is 1.76. The maximum Gasteiger partial charge on any atom is 0.417 e. The van der Waals surface area contributed by atoms with Crippen molar-refractivity contribution in [3.8, 4) is 0 Å². The van der Waals surface area contributed by atoms with E-state index in [1.165, 1.54) is 12.1 Å². The van der Waals surface area contributed by atoms with Gasteiger partial charge in [-0.05, 0) is 31.0 Å². The molecule has 1 aliphatic carbocycles. The van der Waals surface area contributed by atoms with E-state index in [1.807, 2.05) is 4.90 Å². The standard InChI is InChI=1S/C13H16F3N3O2/c14-13(15,16)11-4-3-9(7-10(11)12(17)18-21)19(5-6-20)8-1-2-8/h3-4,7-8,20-21H,1-2,5-6H2,(H2,17,18). The summed E-state index contributed by atoms with van der Waals surface area (Å²) in [5, 5.41) is 20.4. The Morgan fingerprint density at radius 1 is 1.38 bits per heavy atom. The number of amidine groups is 1. The number of halogens is 3. The molecule has 0 amide bonds. The Balaban J connectivity index is 2.45. The van der Waals surface area contributed by atoms with Crippen molar-refractivity contribution in [2.45, 2.75) is 25.1 Å². The molecule has 1 fully saturated rings. The molecule has 8 heteroatoms. The van der Waals surface area contributed by atoms with Gasteiger partial charge in [0.2, 0.25) is 0 Å². The molecule has 21 heavy (non-hydrogen) atoms. The monoisotopic (exact) mass is 303 g/mol. The minimum absolute atomic E-state index is 0.101. The van der Waals surface area contributed by atoms with Crippen LogP contribution in [0.1, 0.15) is 24.0 Å². The van der Waals surface area contributed by atoms with Crippen molar-refractivity contribution in [3.05, 3.63) is 29.3 Å². The van der Waals surface area contributed by atoms with E-state index in [1.54, 1.807) is 0 Å². The van der Waals surface area contributed by atoms with Gasteiger partial charge in [-0.25, -0.2) is 0 Å². The summed E-state index contributed by atoms with van der Waals surface area (Å²) >= 11 is 0. The first-order chi connectivity index (χ1) is 9.88. The second kappa shape index (κ2) is 5.80. The molecule has 0 radical (unpaired) electrons. The van der Waals surface area contributed by atoms with Gasteiger partial charge < -0.3 is 20.9 Å². The van der Waals surface area contributed by atoms with Gasteiger partial charge in [0, 0.05) is 23.8 Å². The lowest BCUT2D eigenvalue weighted by atomic mass is 10.0. The van der Waals surface area contributed by atoms with Crippen molar-refractivity contribution in [2.75, 3.05) is 18.1 Å². The van der Waals surface area contributed by atoms with Gasteiger partial charge in [-0.3, -0.25) is 0 Å². The number of nitrogens with two attached hydrogens (primary N) is 1. The molecular formula is C13H16F3N3O2. The summed E-state index contributed by atoms with van der Waals surface area (Å²) in [5.41, 5.74) is 4.55. The Bertz CT molecular complexity index is 542. The summed E-state index contributed by atoms with van der Waals surface area (Å²) in [6.07, 6.45) is -2.73. The summed E-state index contributed by atoms with van der Waals surface area (Å²) in [7, 11) is 0. The first-order valence-corrected chi connectivity index (χ1v) is 6.45. The molecule has 0 spiro atoms. The highest BCUT2D eigenvalue weighted by atomic mass is 19.4. The number of hydrogen-bond acceptors (Lipinski definition) is 4. The molecule has 4 N–H and O–H groups in total. The molecule has 0 aliphatic heterocycles. The van der Waals surface area contributed by atoms with Crippen LogP contribution in [0.3, 0.4) is 0 Å². The zero-order valence-corrected chi connectivity index (χ0v) is 11.1. The summed E-state index contributed by atoms with van der Waals surface area (Å²) < 4.78 is 38.9. The lowest BCUT2D eigenvalue weighted by Crippen LogP contribution is -2.30. The number of aliphatic hydroxyl groups is 1. The molecule has 1 saturated carbocycles. The highest BCUT2D eigenvalue weighted by Gasteiger charge is 2.36. The van der Waals surface area contributed by atoms with E-state index < -0.39 is 17.6 Å². The fourth-order valence-electron chi connectivity index (χ4n) is 2.24. The molecule has 1 aliphatic rings. The number of oxime groups is 1. The van der Waals surface area contributed by atoms with Crippen LogP contribution in [0.2, 0.25) is 0 Å². The highest BCUT2D eigenvalue weighted by Crippen LogP contribution is 2.36. The van der Waals surface area contributed by atoms with Gasteiger partial charge in [0.15, 0.2) is 5.84 Å². The molecule has 1 aromatic rings. The van der Waals surface area contributed by atoms with Crippen molar-refractivity contribution < 1.29 is 23.5 Å². The van der Waals surface area contributed by atoms with E-state index in [-0.39, 0.29) is 18.2 Å². The Hall–Kier alpha value is -1.96. The van der Waals surface area contributed by atoms with Crippen LogP contribution in [0.5, 0.6) is 0 Å². The Labute approximate surface area is 119 Å². The summed E-state index contributed by atoms with van der Waals surface area (Å²) in [6.45, 7) is 0.224. The van der Waals surface area contributed by atoms with Gasteiger partial charge >= 0.3 is 6.18 Å². The second-order valence-corrected chi connectivity index (χ2v) is 4.86. The highest BCUT2D eigenvalue weighted by molar-refractivity contribution is 5.99. The van der Waals surface area contributed by atoms with E-state index >= 15 is 0 Å². The van der Waals surface area contributed by atoms with E-state index in [0.29, 0.717) is 12.2 Å². The first kappa shape index (κ1) is 15.4. The van der Waals surface area contributed by atoms with Gasteiger partial charge in [0.25, 0.3) is 0 Å². The molecule has 0 aromatic heterocycles. The van der Waals surface area contributed by atoms with Crippen molar-refractivity contribution in [3.63, 3.8) is 0 Å². The van der Waals surface area contributed by atoms with Gasteiger partial charge in [0.1, 0.15) is 0 Å². The summed E-state index contributed by atoms with van der Waals surface area (Å²) in [5.74, 6) is -0.594. The van der Waals surface area contributed by atoms with Crippen LogP contribution in [-0.2, 0) is 6.18 Å². The van der Waals surface area contributed by atoms with Crippen LogP contribution in [0, 0.1) is 0 Å². The predicted molar refractivity (Wildman–Crippen MR) is 71.4 cm³/mol. The molecule has 0 heterocycles. The minimum atomic E-state index is -4.59. The van der Waals surface area contributed by atoms with Gasteiger partial charge in [-0.15, -0.1) is 0 Å². The van der Waals surface area contributed by atoms with E-state index in [0.717, 1.165) is 18.9 Å². The molecule has 0 atom stereocenters. The maximum atomic E-state index is 13.0. The average molecular weight is 303 g/mol. The van der Waals surface area contributed by atoms with E-state index in [2.05, 4.69) is 5.16 Å². The van der Waals surface area contributed by atoms with Crippen LogP contribution in [0.15, 0.2) is 23.4 Å². The lowest BCUT2D eigenvalue weighted by Gasteiger charge is -2.25. The number of anilines is 1. The zero-order chi connectivity index (χ0) is 15.6. The molecule has 0 unspecified atom stereocenters. The third-order valence-electron chi connectivity index (χ3n) is 3.35. The number of benzene rings is 1. The van der Waals surface area contributed by atoms with Crippen molar-refractivity contribution >= 4 is 11.5 Å². The lowest BCUT2D eigenvalue weighted by molar-refractivity contribution is -0.137. The molecule has 2 rings (SSSR count). The van der Waals surface area contributed by atoms with Crippen molar-refractivity contribution in [1.29, 1.82) is 0 Å². The summed E-state index contributed by atoms with van der Waals surface area (Å²) in [6, 6.07) is 3.71. The fourth-order valence-corrected chi connectivity index (χ4v) is 2.24. The molecule has 0 bridgehead atoms. The molecule has 5 nitrogen and oxygen atoms in total. The van der Waals surface area contributed by atoms with Crippen molar-refractivity contribution in [1.82, 2.24) is 0 Å². The van der Waals surface area contributed by atoms with Crippen LogP contribution in [0.4, 0.5) is 18.9 Å². The number of nitrogens with zero attached hydrogens (tertiary/aromatic N) is 2. The minimum Gasteiger partial charge on any atom is -0.409 e. The number of hydrogen-bond donors (Lipinski definition) is 3. The van der Waals surface area contributed by atoms with E-state index in [4.69, 9.17) is 16.0 Å². The molecule has 1 aromatic carbocycles. The number of aliphatic hydroxyl groups excluding tert-OH is 1. The summed E-state index contributed by atoms with van der Waals surface area (Å²) in [4.78, 5) is 1.83. The first-order valence-electron chi connectivity index (χ1n) is 6.45. The van der Waals surface area contributed by atoms with Crippen LogP contribution in [0.25, 0.3) is 0 Å². The van der Waals surface area contributed by atoms with Crippen LogP contribution < -0.4 is 10.6 Å². The smallest absolute Gasteiger partial charge is 0.409 e. The quantitative estimate of drug-likeness (QED) is 0.335. The average Bonchev–Trinajstić information content (AvgIpc) is 3.26. The van der Waals surface area contributed by atoms with Crippen LogP contribution in [-0.4, -0.2) is 35.3 Å². The van der Waals surface area contributed by atoms with Crippen LogP contribution >= 0.6 is 0 Å². The van der Waals surface area contributed by atoms with E-state index in [9.17, 15) is 13.2 Å². The Morgan fingerprint density at radius 2 is 2.05 bits per heavy atom. The topological polar surface area (TPSA) is 82.1 Å².